The number of hydrogen-bond donors (Lipinski definition) is 0. The third-order valence-corrected chi connectivity index (χ3v) is 4.90. The zero-order valence-electron chi connectivity index (χ0n) is 8.38. The van der Waals surface area contributed by atoms with Gasteiger partial charge in [0.05, 0.1) is 0 Å². The van der Waals surface area contributed by atoms with Crippen LogP contribution in [0.1, 0.15) is 32.6 Å². The molecule has 0 radical (unpaired) electrons. The van der Waals surface area contributed by atoms with Gasteiger partial charge in [0, 0.05) is 19.8 Å². The summed E-state index contributed by atoms with van der Waals surface area (Å²) in [5, 5.41) is 0. The Kier molecular flexibility index (Phi) is 4.25. The van der Waals surface area contributed by atoms with Crippen LogP contribution in [-0.4, -0.2) is 23.5 Å². The fourth-order valence-corrected chi connectivity index (χ4v) is 3.26. The molecular formula is C9H20O2Si. The third-order valence-electron chi connectivity index (χ3n) is 2.34. The van der Waals surface area contributed by atoms with Gasteiger partial charge in [-0.2, -0.15) is 0 Å². The lowest BCUT2D eigenvalue weighted by Gasteiger charge is -2.08. The van der Waals surface area contributed by atoms with Crippen LogP contribution in [0, 0.1) is 5.92 Å². The molecule has 0 saturated heterocycles. The summed E-state index contributed by atoms with van der Waals surface area (Å²) < 4.78 is 10.4. The van der Waals surface area contributed by atoms with Gasteiger partial charge in [-0.1, -0.05) is 26.2 Å². The zero-order chi connectivity index (χ0) is 8.97. The standard InChI is InChI=1S/C6H14O2Si.C3H6/c1-5-4-6(5)9(7-2)8-3;1-2-3-1/h5-6,9H,4H2,1-3H3;1-3H2. The van der Waals surface area contributed by atoms with E-state index < -0.39 is 9.28 Å². The molecule has 2 rings (SSSR count). The van der Waals surface area contributed by atoms with Gasteiger partial charge in [-0.25, -0.2) is 0 Å². The van der Waals surface area contributed by atoms with Gasteiger partial charge in [0.15, 0.2) is 0 Å². The molecular weight excluding hydrogens is 168 g/mol. The smallest absolute Gasteiger partial charge is 0.324 e. The molecule has 2 atom stereocenters. The van der Waals surface area contributed by atoms with Crippen molar-refractivity contribution in [3.63, 3.8) is 0 Å². The largest absolute Gasteiger partial charge is 0.400 e. The van der Waals surface area contributed by atoms with Crippen molar-refractivity contribution in [3.05, 3.63) is 0 Å². The molecule has 2 saturated carbocycles. The molecule has 2 aliphatic carbocycles. The lowest BCUT2D eigenvalue weighted by atomic mass is 10.5. The summed E-state index contributed by atoms with van der Waals surface area (Å²) in [7, 11) is 2.30. The van der Waals surface area contributed by atoms with E-state index in [9.17, 15) is 0 Å². The average Bonchev–Trinajstić information content (AvgIpc) is 2.86. The van der Waals surface area contributed by atoms with Crippen molar-refractivity contribution in [1.82, 2.24) is 0 Å². The highest BCUT2D eigenvalue weighted by Crippen LogP contribution is 2.46. The van der Waals surface area contributed by atoms with Crippen molar-refractivity contribution in [2.45, 2.75) is 38.1 Å². The maximum atomic E-state index is 5.21. The summed E-state index contributed by atoms with van der Waals surface area (Å²) in [5.41, 5.74) is 0.792. The molecule has 0 amide bonds. The Labute approximate surface area is 77.1 Å². The Bertz CT molecular complexity index is 121. The molecule has 12 heavy (non-hydrogen) atoms. The molecule has 0 spiro atoms. The fraction of sp³-hybridized carbons (Fsp3) is 1.00. The van der Waals surface area contributed by atoms with Crippen molar-refractivity contribution in [2.24, 2.45) is 5.92 Å². The lowest BCUT2D eigenvalue weighted by Crippen LogP contribution is -2.19. The molecule has 2 unspecified atom stereocenters. The summed E-state index contributed by atoms with van der Waals surface area (Å²) in [6, 6.07) is 0. The Morgan fingerprint density at radius 3 is 1.58 bits per heavy atom. The Balaban J connectivity index is 0.000000200. The van der Waals surface area contributed by atoms with Gasteiger partial charge in [0.1, 0.15) is 0 Å². The van der Waals surface area contributed by atoms with E-state index in [4.69, 9.17) is 8.85 Å². The summed E-state index contributed by atoms with van der Waals surface area (Å²) >= 11 is 0. The minimum atomic E-state index is -1.21. The highest BCUT2D eigenvalue weighted by Gasteiger charge is 2.42. The summed E-state index contributed by atoms with van der Waals surface area (Å²) in [6.07, 6.45) is 5.82. The van der Waals surface area contributed by atoms with Gasteiger partial charge in [-0.3, -0.25) is 0 Å². The van der Waals surface area contributed by atoms with Gasteiger partial charge in [0.25, 0.3) is 0 Å². The zero-order valence-corrected chi connectivity index (χ0v) is 9.53. The van der Waals surface area contributed by atoms with E-state index in [2.05, 4.69) is 6.92 Å². The monoisotopic (exact) mass is 188 g/mol. The van der Waals surface area contributed by atoms with Crippen LogP contribution in [0.25, 0.3) is 0 Å². The molecule has 2 nitrogen and oxygen atoms in total. The van der Waals surface area contributed by atoms with Crippen molar-refractivity contribution in [1.29, 1.82) is 0 Å². The first-order valence-corrected chi connectivity index (χ1v) is 6.46. The van der Waals surface area contributed by atoms with Crippen LogP contribution in [0.3, 0.4) is 0 Å². The van der Waals surface area contributed by atoms with Gasteiger partial charge < -0.3 is 8.85 Å². The van der Waals surface area contributed by atoms with Crippen LogP contribution in [0.5, 0.6) is 0 Å². The van der Waals surface area contributed by atoms with Crippen LogP contribution in [0.2, 0.25) is 5.54 Å². The van der Waals surface area contributed by atoms with E-state index in [1.54, 1.807) is 14.2 Å². The van der Waals surface area contributed by atoms with Crippen molar-refractivity contribution in [3.8, 4) is 0 Å². The molecule has 0 aromatic rings. The minimum absolute atomic E-state index is 0.792. The maximum Gasteiger partial charge on any atom is 0.324 e. The number of rotatable bonds is 3. The molecule has 0 bridgehead atoms. The van der Waals surface area contributed by atoms with Crippen LogP contribution in [0.4, 0.5) is 0 Å². The van der Waals surface area contributed by atoms with Crippen LogP contribution in [-0.2, 0) is 8.85 Å². The molecule has 0 aromatic carbocycles. The topological polar surface area (TPSA) is 18.5 Å². The van der Waals surface area contributed by atoms with E-state index in [1.165, 1.54) is 25.7 Å². The summed E-state index contributed by atoms with van der Waals surface area (Å²) in [4.78, 5) is 0. The average molecular weight is 188 g/mol. The van der Waals surface area contributed by atoms with Crippen molar-refractivity contribution >= 4 is 9.28 Å². The maximum absolute atomic E-state index is 5.21. The Morgan fingerprint density at radius 1 is 1.08 bits per heavy atom. The van der Waals surface area contributed by atoms with Gasteiger partial charge in [-0.15, -0.1) is 0 Å². The molecule has 0 aromatic heterocycles. The van der Waals surface area contributed by atoms with E-state index >= 15 is 0 Å². The highest BCUT2D eigenvalue weighted by molar-refractivity contribution is 6.47. The third kappa shape index (κ3) is 3.69. The lowest BCUT2D eigenvalue weighted by molar-refractivity contribution is 0.274. The highest BCUT2D eigenvalue weighted by atomic mass is 28.3. The predicted molar refractivity (Wildman–Crippen MR) is 52.5 cm³/mol. The summed E-state index contributed by atoms with van der Waals surface area (Å²) in [5.74, 6) is 0.863. The molecule has 2 fully saturated rings. The number of hydrogen-bond acceptors (Lipinski definition) is 2. The molecule has 72 valence electrons. The van der Waals surface area contributed by atoms with Gasteiger partial charge in [-0.05, 0) is 12.3 Å². The molecule has 3 heteroatoms. The van der Waals surface area contributed by atoms with E-state index in [1.807, 2.05) is 0 Å². The summed E-state index contributed by atoms with van der Waals surface area (Å²) in [6.45, 7) is 2.25. The van der Waals surface area contributed by atoms with E-state index in [0.717, 1.165) is 11.5 Å². The second-order valence-electron chi connectivity index (χ2n) is 3.78. The normalized spacial score (nSPS) is 31.0. The Hall–Kier alpha value is 0.137. The van der Waals surface area contributed by atoms with Crippen molar-refractivity contribution in [2.75, 3.05) is 14.2 Å². The van der Waals surface area contributed by atoms with E-state index in [0.29, 0.717) is 0 Å². The SMILES string of the molecule is C1CC1.CO[SiH](OC)C1CC1C. The molecule has 2 aliphatic rings. The fourth-order valence-electron chi connectivity index (χ4n) is 1.18. The first kappa shape index (κ1) is 10.2. The molecule has 0 aliphatic heterocycles. The molecule has 0 N–H and O–H groups in total. The quantitative estimate of drug-likeness (QED) is 0.631. The van der Waals surface area contributed by atoms with Crippen LogP contribution < -0.4 is 0 Å². The van der Waals surface area contributed by atoms with Crippen LogP contribution in [0.15, 0.2) is 0 Å². The first-order valence-electron chi connectivity index (χ1n) is 4.85. The molecule has 0 heterocycles. The second kappa shape index (κ2) is 4.99. The van der Waals surface area contributed by atoms with Gasteiger partial charge in [0.2, 0.25) is 0 Å². The first-order chi connectivity index (χ1) is 5.79. The van der Waals surface area contributed by atoms with Crippen LogP contribution >= 0.6 is 0 Å². The predicted octanol–water partition coefficient (Wildman–Crippen LogP) is 2.08. The Morgan fingerprint density at radius 2 is 1.50 bits per heavy atom. The minimum Gasteiger partial charge on any atom is -0.400 e. The van der Waals surface area contributed by atoms with E-state index in [-0.39, 0.29) is 0 Å². The second-order valence-corrected chi connectivity index (χ2v) is 6.31. The van der Waals surface area contributed by atoms with Gasteiger partial charge >= 0.3 is 9.28 Å². The van der Waals surface area contributed by atoms with Crippen molar-refractivity contribution < 1.29 is 8.85 Å².